The third-order valence-corrected chi connectivity index (χ3v) is 3.36. The predicted molar refractivity (Wildman–Crippen MR) is 70.7 cm³/mol. The van der Waals surface area contributed by atoms with Crippen molar-refractivity contribution >= 4 is 22.9 Å². The topological polar surface area (TPSA) is 29.5 Å². The number of halogens is 1. The van der Waals surface area contributed by atoms with Crippen molar-refractivity contribution in [2.24, 2.45) is 0 Å². The van der Waals surface area contributed by atoms with Gasteiger partial charge in [0, 0.05) is 10.6 Å². The number of aliphatic hydroxyl groups is 1. The van der Waals surface area contributed by atoms with Gasteiger partial charge in [-0.3, -0.25) is 0 Å². The van der Waals surface area contributed by atoms with Gasteiger partial charge in [-0.2, -0.15) is 11.3 Å². The summed E-state index contributed by atoms with van der Waals surface area (Å²) in [5.41, 5.74) is 1.84. The van der Waals surface area contributed by atoms with Gasteiger partial charge in [-0.1, -0.05) is 11.6 Å². The molecule has 1 N–H and O–H groups in total. The van der Waals surface area contributed by atoms with Crippen LogP contribution in [0.2, 0.25) is 5.02 Å². The second-order valence-corrected chi connectivity index (χ2v) is 4.99. The Hall–Kier alpha value is -1.03. The van der Waals surface area contributed by atoms with Crippen LogP contribution in [0.25, 0.3) is 0 Å². The first-order chi connectivity index (χ1) is 8.16. The minimum Gasteiger partial charge on any atom is -0.488 e. The minimum atomic E-state index is -0.592. The summed E-state index contributed by atoms with van der Waals surface area (Å²) >= 11 is 7.53. The zero-order valence-corrected chi connectivity index (χ0v) is 11.0. The summed E-state index contributed by atoms with van der Waals surface area (Å²) in [6.45, 7) is 2.20. The van der Waals surface area contributed by atoms with Crippen LogP contribution >= 0.6 is 22.9 Å². The third kappa shape index (κ3) is 3.22. The van der Waals surface area contributed by atoms with E-state index in [1.807, 2.05) is 16.8 Å². The standard InChI is InChI=1S/C13H13ClO2S/c1-9(15)12-6-11(14)2-3-13(12)16-7-10-4-5-17-8-10/h2-6,8-9,15H,7H2,1H3/t9-/m1/s1. The van der Waals surface area contributed by atoms with Crippen LogP contribution in [-0.2, 0) is 6.61 Å². The van der Waals surface area contributed by atoms with Crippen molar-refractivity contribution in [2.75, 3.05) is 0 Å². The molecule has 0 aliphatic heterocycles. The fourth-order valence-corrected chi connectivity index (χ4v) is 2.35. The van der Waals surface area contributed by atoms with Gasteiger partial charge in [0.1, 0.15) is 12.4 Å². The number of thiophene rings is 1. The maximum absolute atomic E-state index is 9.65. The lowest BCUT2D eigenvalue weighted by Gasteiger charge is -2.13. The van der Waals surface area contributed by atoms with Gasteiger partial charge >= 0.3 is 0 Å². The van der Waals surface area contributed by atoms with Crippen LogP contribution in [0, 0.1) is 0 Å². The van der Waals surface area contributed by atoms with Crippen LogP contribution in [0.3, 0.4) is 0 Å². The average molecular weight is 269 g/mol. The van der Waals surface area contributed by atoms with Crippen molar-refractivity contribution in [1.29, 1.82) is 0 Å². The number of ether oxygens (including phenoxy) is 1. The largest absolute Gasteiger partial charge is 0.488 e. The molecule has 0 spiro atoms. The Bertz CT molecular complexity index is 480. The molecule has 1 aromatic carbocycles. The first-order valence-electron chi connectivity index (χ1n) is 5.28. The maximum Gasteiger partial charge on any atom is 0.125 e. The first-order valence-corrected chi connectivity index (χ1v) is 6.60. The fourth-order valence-electron chi connectivity index (χ4n) is 1.51. The molecular formula is C13H13ClO2S. The Balaban J connectivity index is 2.14. The molecule has 1 atom stereocenters. The molecule has 0 saturated heterocycles. The van der Waals surface area contributed by atoms with Crippen molar-refractivity contribution in [3.8, 4) is 5.75 Å². The normalized spacial score (nSPS) is 12.4. The van der Waals surface area contributed by atoms with E-state index < -0.39 is 6.10 Å². The Morgan fingerprint density at radius 1 is 1.41 bits per heavy atom. The molecule has 0 fully saturated rings. The SMILES string of the molecule is C[C@@H](O)c1cc(Cl)ccc1OCc1ccsc1. The van der Waals surface area contributed by atoms with Gasteiger partial charge in [-0.05, 0) is 47.5 Å². The third-order valence-electron chi connectivity index (χ3n) is 2.40. The second kappa shape index (κ2) is 5.54. The van der Waals surface area contributed by atoms with Gasteiger partial charge in [0.25, 0.3) is 0 Å². The van der Waals surface area contributed by atoms with Crippen LogP contribution in [0.4, 0.5) is 0 Å². The molecular weight excluding hydrogens is 256 g/mol. The van der Waals surface area contributed by atoms with E-state index >= 15 is 0 Å². The number of benzene rings is 1. The fraction of sp³-hybridized carbons (Fsp3) is 0.231. The van der Waals surface area contributed by atoms with Gasteiger partial charge < -0.3 is 9.84 Å². The Morgan fingerprint density at radius 2 is 2.24 bits per heavy atom. The number of hydrogen-bond acceptors (Lipinski definition) is 3. The molecule has 0 amide bonds. The van der Waals surface area contributed by atoms with Crippen LogP contribution in [-0.4, -0.2) is 5.11 Å². The van der Waals surface area contributed by atoms with E-state index in [0.29, 0.717) is 22.9 Å². The monoisotopic (exact) mass is 268 g/mol. The Labute approximate surface area is 109 Å². The molecule has 2 nitrogen and oxygen atoms in total. The number of aliphatic hydroxyl groups excluding tert-OH is 1. The lowest BCUT2D eigenvalue weighted by molar-refractivity contribution is 0.190. The zero-order chi connectivity index (χ0) is 12.3. The summed E-state index contributed by atoms with van der Waals surface area (Å²) in [5, 5.41) is 14.3. The van der Waals surface area contributed by atoms with Gasteiger partial charge in [0.15, 0.2) is 0 Å². The second-order valence-electron chi connectivity index (χ2n) is 3.78. The molecule has 2 aromatic rings. The minimum absolute atomic E-state index is 0.505. The molecule has 4 heteroatoms. The molecule has 17 heavy (non-hydrogen) atoms. The quantitative estimate of drug-likeness (QED) is 0.907. The summed E-state index contributed by atoms with van der Waals surface area (Å²) in [6.07, 6.45) is -0.592. The lowest BCUT2D eigenvalue weighted by Crippen LogP contribution is -2.00. The van der Waals surface area contributed by atoms with Gasteiger partial charge in [-0.15, -0.1) is 0 Å². The lowest BCUT2D eigenvalue weighted by atomic mass is 10.1. The first kappa shape index (κ1) is 12.4. The summed E-state index contributed by atoms with van der Waals surface area (Å²) in [6, 6.07) is 7.30. The summed E-state index contributed by atoms with van der Waals surface area (Å²) in [4.78, 5) is 0. The molecule has 0 aliphatic rings. The highest BCUT2D eigenvalue weighted by molar-refractivity contribution is 7.07. The predicted octanol–water partition coefficient (Wildman–Crippen LogP) is 4.03. The maximum atomic E-state index is 9.65. The van der Waals surface area contributed by atoms with Crippen LogP contribution in [0.1, 0.15) is 24.2 Å². The van der Waals surface area contributed by atoms with Crippen molar-refractivity contribution in [3.63, 3.8) is 0 Å². The molecule has 0 radical (unpaired) electrons. The Kier molecular flexibility index (Phi) is 4.05. The smallest absolute Gasteiger partial charge is 0.125 e. The highest BCUT2D eigenvalue weighted by atomic mass is 35.5. The molecule has 90 valence electrons. The molecule has 0 unspecified atom stereocenters. The highest BCUT2D eigenvalue weighted by Crippen LogP contribution is 2.29. The van der Waals surface area contributed by atoms with E-state index in [1.165, 1.54) is 0 Å². The molecule has 2 rings (SSSR count). The molecule has 0 aliphatic carbocycles. The van der Waals surface area contributed by atoms with E-state index in [4.69, 9.17) is 16.3 Å². The molecule has 0 saturated carbocycles. The molecule has 0 bridgehead atoms. The van der Waals surface area contributed by atoms with Crippen LogP contribution < -0.4 is 4.74 Å². The highest BCUT2D eigenvalue weighted by Gasteiger charge is 2.10. The average Bonchev–Trinajstić information content (AvgIpc) is 2.80. The summed E-state index contributed by atoms with van der Waals surface area (Å²) < 4.78 is 5.69. The van der Waals surface area contributed by atoms with Crippen LogP contribution in [0.5, 0.6) is 5.75 Å². The van der Waals surface area contributed by atoms with E-state index in [1.54, 1.807) is 36.5 Å². The van der Waals surface area contributed by atoms with Crippen molar-refractivity contribution in [2.45, 2.75) is 19.6 Å². The van der Waals surface area contributed by atoms with Gasteiger partial charge in [0.05, 0.1) is 6.10 Å². The van der Waals surface area contributed by atoms with Gasteiger partial charge in [-0.25, -0.2) is 0 Å². The number of rotatable bonds is 4. The summed E-state index contributed by atoms with van der Waals surface area (Å²) in [5.74, 6) is 0.676. The van der Waals surface area contributed by atoms with Crippen molar-refractivity contribution in [3.05, 3.63) is 51.2 Å². The Morgan fingerprint density at radius 3 is 2.88 bits per heavy atom. The molecule has 1 heterocycles. The molecule has 1 aromatic heterocycles. The van der Waals surface area contributed by atoms with E-state index in [9.17, 15) is 5.11 Å². The number of hydrogen-bond donors (Lipinski definition) is 1. The van der Waals surface area contributed by atoms with Crippen molar-refractivity contribution in [1.82, 2.24) is 0 Å². The van der Waals surface area contributed by atoms with E-state index in [2.05, 4.69) is 0 Å². The summed E-state index contributed by atoms with van der Waals surface area (Å²) in [7, 11) is 0. The van der Waals surface area contributed by atoms with Crippen LogP contribution in [0.15, 0.2) is 35.0 Å². The van der Waals surface area contributed by atoms with Crippen molar-refractivity contribution < 1.29 is 9.84 Å². The van der Waals surface area contributed by atoms with Gasteiger partial charge in [0.2, 0.25) is 0 Å². The van der Waals surface area contributed by atoms with E-state index in [0.717, 1.165) is 5.56 Å². The van der Waals surface area contributed by atoms with E-state index in [-0.39, 0.29) is 0 Å². The zero-order valence-electron chi connectivity index (χ0n) is 9.39.